The van der Waals surface area contributed by atoms with Crippen molar-refractivity contribution in [3.63, 3.8) is 0 Å². The molecule has 2 aromatic rings. The fraction of sp³-hybridized carbons (Fsp3) is 0.368. The van der Waals surface area contributed by atoms with E-state index in [1.165, 1.54) is 18.3 Å². The van der Waals surface area contributed by atoms with Crippen molar-refractivity contribution in [3.8, 4) is 11.1 Å². The number of aromatic nitrogens is 1. The van der Waals surface area contributed by atoms with Crippen LogP contribution in [0.15, 0.2) is 30.6 Å². The number of piperidine rings is 1. The van der Waals surface area contributed by atoms with E-state index in [-0.39, 0.29) is 23.8 Å². The maximum Gasteiger partial charge on any atom is 0.322 e. The fourth-order valence-corrected chi connectivity index (χ4v) is 3.95. The zero-order valence-electron chi connectivity index (χ0n) is 13.9. The highest BCUT2D eigenvalue weighted by atomic mass is 19.1. The zero-order valence-corrected chi connectivity index (χ0v) is 13.9. The Morgan fingerprint density at radius 2 is 1.96 bits per heavy atom. The second-order valence-corrected chi connectivity index (χ2v) is 6.85. The van der Waals surface area contributed by atoms with Gasteiger partial charge in [-0.15, -0.1) is 0 Å². The number of carbonyl (C=O) groups excluding carboxylic acids is 1. The molecule has 1 unspecified atom stereocenters. The molecule has 2 saturated heterocycles. The lowest BCUT2D eigenvalue weighted by atomic mass is 9.80. The monoisotopic (exact) mass is 343 g/mol. The van der Waals surface area contributed by atoms with Crippen LogP contribution in [0.25, 0.3) is 11.1 Å². The smallest absolute Gasteiger partial charge is 0.318 e. The van der Waals surface area contributed by atoms with Gasteiger partial charge in [0.25, 0.3) is 0 Å². The van der Waals surface area contributed by atoms with Crippen molar-refractivity contribution in [3.05, 3.63) is 47.8 Å². The van der Waals surface area contributed by atoms with Gasteiger partial charge in [0.15, 0.2) is 0 Å². The number of nitrogens with zero attached hydrogens (tertiary/aromatic N) is 2. The van der Waals surface area contributed by atoms with Gasteiger partial charge in [0.05, 0.1) is 11.9 Å². The van der Waals surface area contributed by atoms with Crippen LogP contribution in [0.3, 0.4) is 0 Å². The molecule has 0 radical (unpaired) electrons. The molecule has 0 spiro atoms. The topological polar surface area (TPSA) is 45.2 Å². The Morgan fingerprint density at radius 1 is 1.20 bits per heavy atom. The third-order valence-electron chi connectivity index (χ3n) is 5.21. The third-order valence-corrected chi connectivity index (χ3v) is 5.21. The predicted octanol–water partition coefficient (Wildman–Crippen LogP) is 4.49. The van der Waals surface area contributed by atoms with Gasteiger partial charge in [-0.3, -0.25) is 4.98 Å². The average molecular weight is 343 g/mol. The van der Waals surface area contributed by atoms with Gasteiger partial charge in [0, 0.05) is 23.8 Å². The Morgan fingerprint density at radius 3 is 2.64 bits per heavy atom. The number of halogens is 2. The number of anilines is 1. The summed E-state index contributed by atoms with van der Waals surface area (Å²) in [5, 5.41) is 2.69. The number of amides is 2. The van der Waals surface area contributed by atoms with Gasteiger partial charge in [-0.05, 0) is 61.9 Å². The number of urea groups is 1. The molecule has 25 heavy (non-hydrogen) atoms. The van der Waals surface area contributed by atoms with Gasteiger partial charge >= 0.3 is 6.03 Å². The molecule has 130 valence electrons. The van der Waals surface area contributed by atoms with Crippen molar-refractivity contribution >= 4 is 11.7 Å². The van der Waals surface area contributed by atoms with Crippen LogP contribution >= 0.6 is 0 Å². The summed E-state index contributed by atoms with van der Waals surface area (Å²) >= 11 is 0. The molecular formula is C19H19F2N3O. The summed E-state index contributed by atoms with van der Waals surface area (Å²) in [6, 6.07) is 4.55. The maximum absolute atomic E-state index is 14.3. The highest BCUT2D eigenvalue weighted by molar-refractivity contribution is 5.91. The molecule has 4 nitrogen and oxygen atoms in total. The number of hydrogen-bond donors (Lipinski definition) is 1. The number of pyridine rings is 1. The number of carbonyl (C=O) groups is 1. The molecule has 2 amide bonds. The molecule has 4 rings (SSSR count). The summed E-state index contributed by atoms with van der Waals surface area (Å²) in [6.07, 6.45) is 6.86. The van der Waals surface area contributed by atoms with Crippen LogP contribution in [-0.4, -0.2) is 28.0 Å². The molecule has 6 heteroatoms. The Kier molecular flexibility index (Phi) is 3.90. The summed E-state index contributed by atoms with van der Waals surface area (Å²) in [7, 11) is 0. The van der Waals surface area contributed by atoms with E-state index < -0.39 is 11.6 Å². The first-order chi connectivity index (χ1) is 12.0. The summed E-state index contributed by atoms with van der Waals surface area (Å²) in [5.41, 5.74) is 1.96. The van der Waals surface area contributed by atoms with Crippen LogP contribution in [0.4, 0.5) is 19.3 Å². The molecule has 0 saturated carbocycles. The van der Waals surface area contributed by atoms with E-state index in [2.05, 4.69) is 10.3 Å². The number of nitrogens with one attached hydrogen (secondary N) is 1. The van der Waals surface area contributed by atoms with Crippen molar-refractivity contribution in [2.24, 2.45) is 0 Å². The molecule has 1 N–H and O–H groups in total. The Balaban J connectivity index is 1.61. The van der Waals surface area contributed by atoms with Crippen molar-refractivity contribution in [1.29, 1.82) is 0 Å². The van der Waals surface area contributed by atoms with E-state index in [0.717, 1.165) is 31.9 Å². The minimum Gasteiger partial charge on any atom is -0.318 e. The summed E-state index contributed by atoms with van der Waals surface area (Å²) in [6.45, 7) is 1.74. The van der Waals surface area contributed by atoms with Gasteiger partial charge < -0.3 is 10.2 Å². The SMILES string of the molecule is Cc1cc(F)c(NC(=O)N2C3CCC[C@@H]2C3)cc1-c1cncc(F)c1. The lowest BCUT2D eigenvalue weighted by molar-refractivity contribution is 0.0173. The fourth-order valence-electron chi connectivity index (χ4n) is 3.95. The van der Waals surface area contributed by atoms with Crippen molar-refractivity contribution in [2.75, 3.05) is 5.32 Å². The summed E-state index contributed by atoms with van der Waals surface area (Å²) < 4.78 is 27.8. The first-order valence-electron chi connectivity index (χ1n) is 8.53. The molecule has 1 aromatic heterocycles. The van der Waals surface area contributed by atoms with E-state index >= 15 is 0 Å². The molecule has 2 aliphatic rings. The Bertz CT molecular complexity index is 825. The standard InChI is InChI=1S/C19H19F2N3O/c1-11-5-17(21)18(8-16(11)12-6-13(20)10-22-9-12)23-19(25)24-14-3-2-4-15(24)7-14/h5-6,8-10,14-15H,2-4,7H2,1H3,(H,23,25)/t14-,15?/m1/s1. The number of fused-ring (bicyclic) bond motifs is 2. The molecule has 0 aliphatic carbocycles. The molecule has 2 aliphatic heterocycles. The lowest BCUT2D eigenvalue weighted by Crippen LogP contribution is -2.62. The van der Waals surface area contributed by atoms with Gasteiger partial charge in [-0.2, -0.15) is 0 Å². The molecular weight excluding hydrogens is 324 g/mol. The quantitative estimate of drug-likeness (QED) is 0.873. The summed E-state index contributed by atoms with van der Waals surface area (Å²) in [5.74, 6) is -0.954. The lowest BCUT2D eigenvalue weighted by Gasteiger charge is -2.52. The van der Waals surface area contributed by atoms with Crippen molar-refractivity contribution in [2.45, 2.75) is 44.7 Å². The van der Waals surface area contributed by atoms with Crippen LogP contribution in [-0.2, 0) is 0 Å². The highest BCUT2D eigenvalue weighted by Gasteiger charge is 2.44. The molecule has 2 atom stereocenters. The van der Waals surface area contributed by atoms with Gasteiger partial charge in [0.1, 0.15) is 11.6 Å². The second kappa shape index (κ2) is 6.10. The Hall–Kier alpha value is -2.50. The van der Waals surface area contributed by atoms with Crippen LogP contribution in [0.2, 0.25) is 0 Å². The molecule has 3 heterocycles. The van der Waals surface area contributed by atoms with Crippen LogP contribution in [0, 0.1) is 18.6 Å². The van der Waals surface area contributed by atoms with Crippen LogP contribution in [0.1, 0.15) is 31.2 Å². The minimum absolute atomic E-state index is 0.111. The number of benzene rings is 1. The van der Waals surface area contributed by atoms with E-state index in [1.807, 2.05) is 4.90 Å². The van der Waals surface area contributed by atoms with E-state index in [1.54, 1.807) is 13.0 Å². The minimum atomic E-state index is -0.496. The van der Waals surface area contributed by atoms with Crippen molar-refractivity contribution < 1.29 is 13.6 Å². The highest BCUT2D eigenvalue weighted by Crippen LogP contribution is 2.38. The normalized spacial score (nSPS) is 21.6. The third kappa shape index (κ3) is 2.86. The predicted molar refractivity (Wildman–Crippen MR) is 91.2 cm³/mol. The van der Waals surface area contributed by atoms with E-state index in [4.69, 9.17) is 0 Å². The van der Waals surface area contributed by atoms with Crippen LogP contribution in [0.5, 0.6) is 0 Å². The maximum atomic E-state index is 14.3. The Labute approximate surface area is 144 Å². The van der Waals surface area contributed by atoms with Crippen molar-refractivity contribution in [1.82, 2.24) is 9.88 Å². The van der Waals surface area contributed by atoms with E-state index in [9.17, 15) is 13.6 Å². The van der Waals surface area contributed by atoms with Gasteiger partial charge in [-0.25, -0.2) is 13.6 Å². The van der Waals surface area contributed by atoms with E-state index in [0.29, 0.717) is 16.7 Å². The van der Waals surface area contributed by atoms with Crippen LogP contribution < -0.4 is 5.32 Å². The van der Waals surface area contributed by atoms with Gasteiger partial charge in [0.2, 0.25) is 0 Å². The van der Waals surface area contributed by atoms with Gasteiger partial charge in [-0.1, -0.05) is 0 Å². The molecule has 1 aromatic carbocycles. The first kappa shape index (κ1) is 16.0. The number of rotatable bonds is 2. The zero-order chi connectivity index (χ0) is 17.6. The molecule has 2 bridgehead atoms. The first-order valence-corrected chi connectivity index (χ1v) is 8.53. The largest absolute Gasteiger partial charge is 0.322 e. The number of aryl methyl sites for hydroxylation is 1. The second-order valence-electron chi connectivity index (χ2n) is 6.85. The molecule has 2 fully saturated rings. The average Bonchev–Trinajstić information content (AvgIpc) is 2.58. The summed E-state index contributed by atoms with van der Waals surface area (Å²) in [4.78, 5) is 18.2. The number of hydrogen-bond acceptors (Lipinski definition) is 2.